The van der Waals surface area contributed by atoms with Crippen LogP contribution in [0.2, 0.25) is 0 Å². The standard InChI is InChI=1S/C14H24N2O4/c1-11-9-15(10-12(11)14(18)19)4-2-3-13(17)16-5-7-20-8-6-16/h11-12H,2-10H2,1H3,(H,18,19)/t11-,12-/m1/s1. The molecule has 114 valence electrons. The molecule has 0 bridgehead atoms. The molecule has 0 unspecified atom stereocenters. The second-order valence-electron chi connectivity index (χ2n) is 5.78. The Morgan fingerprint density at radius 2 is 1.95 bits per heavy atom. The van der Waals surface area contributed by atoms with Crippen molar-refractivity contribution in [3.8, 4) is 0 Å². The molecule has 20 heavy (non-hydrogen) atoms. The van der Waals surface area contributed by atoms with E-state index in [4.69, 9.17) is 9.84 Å². The van der Waals surface area contributed by atoms with E-state index in [0.717, 1.165) is 19.5 Å². The lowest BCUT2D eigenvalue weighted by molar-refractivity contribution is -0.142. The third-order valence-corrected chi connectivity index (χ3v) is 4.23. The maximum atomic E-state index is 12.0. The number of nitrogens with zero attached hydrogens (tertiary/aromatic N) is 2. The van der Waals surface area contributed by atoms with Crippen molar-refractivity contribution in [2.45, 2.75) is 19.8 Å². The topological polar surface area (TPSA) is 70.1 Å². The number of carbonyl (C=O) groups is 2. The smallest absolute Gasteiger partial charge is 0.308 e. The van der Waals surface area contributed by atoms with E-state index in [9.17, 15) is 9.59 Å². The molecule has 2 aliphatic heterocycles. The molecule has 2 atom stereocenters. The van der Waals surface area contributed by atoms with Crippen molar-refractivity contribution in [3.05, 3.63) is 0 Å². The van der Waals surface area contributed by atoms with Gasteiger partial charge in [-0.3, -0.25) is 9.59 Å². The lowest BCUT2D eigenvalue weighted by Gasteiger charge is -2.27. The van der Waals surface area contributed by atoms with Crippen LogP contribution in [0.15, 0.2) is 0 Å². The zero-order valence-corrected chi connectivity index (χ0v) is 12.1. The monoisotopic (exact) mass is 284 g/mol. The molecule has 6 heteroatoms. The van der Waals surface area contributed by atoms with Crippen molar-refractivity contribution < 1.29 is 19.4 Å². The van der Waals surface area contributed by atoms with Crippen molar-refractivity contribution in [1.29, 1.82) is 0 Å². The summed E-state index contributed by atoms with van der Waals surface area (Å²) in [5, 5.41) is 9.09. The number of ether oxygens (including phenoxy) is 1. The Kier molecular flexibility index (Phi) is 5.37. The second-order valence-corrected chi connectivity index (χ2v) is 5.78. The number of carboxylic acids is 1. The van der Waals surface area contributed by atoms with Gasteiger partial charge in [0.05, 0.1) is 19.1 Å². The molecular weight excluding hydrogens is 260 g/mol. The van der Waals surface area contributed by atoms with Crippen molar-refractivity contribution in [2.75, 3.05) is 45.9 Å². The Morgan fingerprint density at radius 1 is 1.25 bits per heavy atom. The molecule has 0 spiro atoms. The zero-order chi connectivity index (χ0) is 14.5. The summed E-state index contributed by atoms with van der Waals surface area (Å²) in [6.07, 6.45) is 1.35. The molecule has 0 aromatic carbocycles. The number of amides is 1. The van der Waals surface area contributed by atoms with Crippen LogP contribution in [-0.4, -0.2) is 72.7 Å². The summed E-state index contributed by atoms with van der Waals surface area (Å²) in [5.74, 6) is -0.577. The van der Waals surface area contributed by atoms with E-state index in [2.05, 4.69) is 4.90 Å². The highest BCUT2D eigenvalue weighted by atomic mass is 16.5. The molecule has 0 aliphatic carbocycles. The average Bonchev–Trinajstić information content (AvgIpc) is 2.81. The summed E-state index contributed by atoms with van der Waals surface area (Å²) in [5.41, 5.74) is 0. The largest absolute Gasteiger partial charge is 0.481 e. The van der Waals surface area contributed by atoms with Crippen LogP contribution >= 0.6 is 0 Å². The molecule has 0 radical (unpaired) electrons. The number of hydrogen-bond donors (Lipinski definition) is 1. The van der Waals surface area contributed by atoms with Crippen molar-refractivity contribution in [1.82, 2.24) is 9.80 Å². The maximum Gasteiger partial charge on any atom is 0.308 e. The number of carbonyl (C=O) groups excluding carboxylic acids is 1. The summed E-state index contributed by atoms with van der Waals surface area (Å²) in [4.78, 5) is 27.0. The van der Waals surface area contributed by atoms with E-state index >= 15 is 0 Å². The minimum absolute atomic E-state index is 0.190. The molecular formula is C14H24N2O4. The van der Waals surface area contributed by atoms with Crippen LogP contribution in [0.3, 0.4) is 0 Å². The quantitative estimate of drug-likeness (QED) is 0.785. The van der Waals surface area contributed by atoms with Gasteiger partial charge in [-0.15, -0.1) is 0 Å². The summed E-state index contributed by atoms with van der Waals surface area (Å²) < 4.78 is 5.22. The number of likely N-dealkylation sites (tertiary alicyclic amines) is 1. The molecule has 1 N–H and O–H groups in total. The van der Waals surface area contributed by atoms with E-state index in [0.29, 0.717) is 39.3 Å². The van der Waals surface area contributed by atoms with Gasteiger partial charge in [0, 0.05) is 32.6 Å². The number of hydrogen-bond acceptors (Lipinski definition) is 4. The number of morpholine rings is 1. The maximum absolute atomic E-state index is 12.0. The molecule has 2 saturated heterocycles. The van der Waals surface area contributed by atoms with E-state index < -0.39 is 5.97 Å². The molecule has 1 amide bonds. The molecule has 6 nitrogen and oxygen atoms in total. The van der Waals surface area contributed by atoms with Gasteiger partial charge < -0.3 is 19.6 Å². The molecule has 2 fully saturated rings. The van der Waals surface area contributed by atoms with Gasteiger partial charge in [0.2, 0.25) is 5.91 Å². The van der Waals surface area contributed by atoms with Gasteiger partial charge in [0.1, 0.15) is 0 Å². The molecule has 2 rings (SSSR count). The lowest BCUT2D eigenvalue weighted by atomic mass is 9.99. The Hall–Kier alpha value is -1.14. The van der Waals surface area contributed by atoms with Crippen LogP contribution in [0, 0.1) is 11.8 Å². The minimum Gasteiger partial charge on any atom is -0.481 e. The van der Waals surface area contributed by atoms with Gasteiger partial charge in [-0.1, -0.05) is 6.92 Å². The number of carboxylic acid groups (broad SMARTS) is 1. The van der Waals surface area contributed by atoms with Crippen LogP contribution in [0.1, 0.15) is 19.8 Å². The fraction of sp³-hybridized carbons (Fsp3) is 0.857. The van der Waals surface area contributed by atoms with E-state index in [1.165, 1.54) is 0 Å². The summed E-state index contributed by atoms with van der Waals surface area (Å²) in [6, 6.07) is 0. The number of aliphatic carboxylic acids is 1. The van der Waals surface area contributed by atoms with Crippen molar-refractivity contribution >= 4 is 11.9 Å². The fourth-order valence-electron chi connectivity index (χ4n) is 3.00. The first-order valence-electron chi connectivity index (χ1n) is 7.38. The third-order valence-electron chi connectivity index (χ3n) is 4.23. The highest BCUT2D eigenvalue weighted by Gasteiger charge is 2.34. The predicted molar refractivity (Wildman–Crippen MR) is 73.4 cm³/mol. The van der Waals surface area contributed by atoms with Gasteiger partial charge in [0.25, 0.3) is 0 Å². The highest BCUT2D eigenvalue weighted by Crippen LogP contribution is 2.23. The van der Waals surface area contributed by atoms with Crippen LogP contribution < -0.4 is 0 Å². The predicted octanol–water partition coefficient (Wildman–Crippen LogP) is 0.278. The summed E-state index contributed by atoms with van der Waals surface area (Å²) in [7, 11) is 0. The first kappa shape index (κ1) is 15.3. The molecule has 0 aromatic rings. The first-order valence-corrected chi connectivity index (χ1v) is 7.38. The lowest BCUT2D eigenvalue weighted by Crippen LogP contribution is -2.40. The van der Waals surface area contributed by atoms with Crippen LogP contribution in [-0.2, 0) is 14.3 Å². The van der Waals surface area contributed by atoms with E-state index in [1.54, 1.807) is 0 Å². The highest BCUT2D eigenvalue weighted by molar-refractivity contribution is 5.76. The third kappa shape index (κ3) is 3.93. The summed E-state index contributed by atoms with van der Waals surface area (Å²) >= 11 is 0. The van der Waals surface area contributed by atoms with Crippen LogP contribution in [0.5, 0.6) is 0 Å². The Bertz CT molecular complexity index is 355. The van der Waals surface area contributed by atoms with Crippen LogP contribution in [0.25, 0.3) is 0 Å². The van der Waals surface area contributed by atoms with Crippen LogP contribution in [0.4, 0.5) is 0 Å². The van der Waals surface area contributed by atoms with Gasteiger partial charge in [-0.05, 0) is 18.9 Å². The molecule has 2 aliphatic rings. The van der Waals surface area contributed by atoms with Gasteiger partial charge in [-0.2, -0.15) is 0 Å². The van der Waals surface area contributed by atoms with Gasteiger partial charge >= 0.3 is 5.97 Å². The average molecular weight is 284 g/mol. The molecule has 2 heterocycles. The SMILES string of the molecule is C[C@@H]1CN(CCCC(=O)N2CCOCC2)C[C@H]1C(=O)O. The van der Waals surface area contributed by atoms with E-state index in [-0.39, 0.29) is 17.7 Å². The fourth-order valence-corrected chi connectivity index (χ4v) is 3.00. The molecule has 0 saturated carbocycles. The normalized spacial score (nSPS) is 27.8. The summed E-state index contributed by atoms with van der Waals surface area (Å²) in [6.45, 7) is 6.89. The van der Waals surface area contributed by atoms with Crippen molar-refractivity contribution in [3.63, 3.8) is 0 Å². The zero-order valence-electron chi connectivity index (χ0n) is 12.1. The second kappa shape index (κ2) is 7.04. The minimum atomic E-state index is -0.704. The van der Waals surface area contributed by atoms with Crippen molar-refractivity contribution in [2.24, 2.45) is 11.8 Å². The van der Waals surface area contributed by atoms with E-state index in [1.807, 2.05) is 11.8 Å². The Labute approximate surface area is 119 Å². The molecule has 0 aromatic heterocycles. The number of rotatable bonds is 5. The Balaban J connectivity index is 1.66. The van der Waals surface area contributed by atoms with Gasteiger partial charge in [-0.25, -0.2) is 0 Å². The van der Waals surface area contributed by atoms with Gasteiger partial charge in [0.15, 0.2) is 0 Å². The Morgan fingerprint density at radius 3 is 2.55 bits per heavy atom. The first-order chi connectivity index (χ1) is 9.58.